The third kappa shape index (κ3) is 2.28. The van der Waals surface area contributed by atoms with Crippen LogP contribution in [0.1, 0.15) is 19.3 Å². The Morgan fingerprint density at radius 3 is 2.92 bits per heavy atom. The lowest BCUT2D eigenvalue weighted by molar-refractivity contribution is -0.141. The van der Waals surface area contributed by atoms with Gasteiger partial charge in [-0.05, 0) is 19.3 Å². The first-order chi connectivity index (χ1) is 6.29. The minimum absolute atomic E-state index is 0.497. The van der Waals surface area contributed by atoms with Crippen LogP contribution in [0.5, 0.6) is 0 Å². The lowest BCUT2D eigenvalue weighted by Gasteiger charge is -2.14. The Kier molecular flexibility index (Phi) is 3.44. The monoisotopic (exact) mass is 180 g/mol. The van der Waals surface area contributed by atoms with Crippen LogP contribution in [0, 0.1) is 17.2 Å². The first kappa shape index (κ1) is 9.72. The average molecular weight is 180 g/mol. The molecule has 0 saturated carbocycles. The van der Waals surface area contributed by atoms with E-state index in [4.69, 9.17) is 5.26 Å². The number of aliphatic imine (C=N–C) groups is 1. The lowest BCUT2D eigenvalue weighted by Crippen LogP contribution is -2.25. The summed E-state index contributed by atoms with van der Waals surface area (Å²) in [6, 6.07) is 1.92. The summed E-state index contributed by atoms with van der Waals surface area (Å²) in [6.45, 7) is 0.727. The van der Waals surface area contributed by atoms with Crippen molar-refractivity contribution in [3.63, 3.8) is 0 Å². The summed E-state index contributed by atoms with van der Waals surface area (Å²) in [5.41, 5.74) is 0.681. The first-order valence-corrected chi connectivity index (χ1v) is 4.30. The fraction of sp³-hybridized carbons (Fsp3) is 0.667. The molecule has 0 aromatic heterocycles. The van der Waals surface area contributed by atoms with Crippen molar-refractivity contribution in [3.8, 4) is 6.07 Å². The zero-order valence-electron chi connectivity index (χ0n) is 7.62. The second kappa shape index (κ2) is 4.61. The van der Waals surface area contributed by atoms with Crippen LogP contribution in [0.4, 0.5) is 0 Å². The SMILES string of the molecule is COC(=O)C(C#N)C1=NCCCC1. The number of hydrogen-bond acceptors (Lipinski definition) is 4. The minimum atomic E-state index is -0.787. The molecule has 1 atom stereocenters. The van der Waals surface area contributed by atoms with Gasteiger partial charge in [0.1, 0.15) is 0 Å². The quantitative estimate of drug-likeness (QED) is 0.594. The molecule has 4 nitrogen and oxygen atoms in total. The molecule has 4 heteroatoms. The van der Waals surface area contributed by atoms with Crippen molar-refractivity contribution in [2.24, 2.45) is 10.9 Å². The maximum atomic E-state index is 11.1. The van der Waals surface area contributed by atoms with Gasteiger partial charge in [0.05, 0.1) is 13.2 Å². The number of esters is 1. The van der Waals surface area contributed by atoms with E-state index in [2.05, 4.69) is 9.73 Å². The molecule has 0 N–H and O–H groups in total. The highest BCUT2D eigenvalue weighted by atomic mass is 16.5. The number of carbonyl (C=O) groups is 1. The van der Waals surface area contributed by atoms with E-state index in [0.717, 1.165) is 25.8 Å². The lowest BCUT2D eigenvalue weighted by atomic mass is 9.98. The predicted octanol–water partition coefficient (Wildman–Crippen LogP) is 0.924. The van der Waals surface area contributed by atoms with E-state index in [1.54, 1.807) is 0 Å². The third-order valence-electron chi connectivity index (χ3n) is 2.06. The van der Waals surface area contributed by atoms with E-state index in [-0.39, 0.29) is 0 Å². The van der Waals surface area contributed by atoms with Gasteiger partial charge >= 0.3 is 5.97 Å². The van der Waals surface area contributed by atoms with Gasteiger partial charge in [-0.25, -0.2) is 0 Å². The molecule has 0 amide bonds. The Hall–Kier alpha value is -1.37. The van der Waals surface area contributed by atoms with Gasteiger partial charge in [0.15, 0.2) is 5.92 Å². The van der Waals surface area contributed by atoms with Gasteiger partial charge in [0, 0.05) is 12.3 Å². The first-order valence-electron chi connectivity index (χ1n) is 4.30. The molecule has 1 unspecified atom stereocenters. The van der Waals surface area contributed by atoms with Crippen LogP contribution in [0.3, 0.4) is 0 Å². The number of rotatable bonds is 2. The van der Waals surface area contributed by atoms with Crippen molar-refractivity contribution in [3.05, 3.63) is 0 Å². The predicted molar refractivity (Wildman–Crippen MR) is 47.3 cm³/mol. The van der Waals surface area contributed by atoms with E-state index in [9.17, 15) is 4.79 Å². The molecular formula is C9H12N2O2. The maximum Gasteiger partial charge on any atom is 0.328 e. The van der Waals surface area contributed by atoms with Crippen LogP contribution in [0.2, 0.25) is 0 Å². The molecule has 1 rings (SSSR count). The molecule has 0 spiro atoms. The van der Waals surface area contributed by atoms with Crippen LogP contribution in [0.25, 0.3) is 0 Å². The molecule has 1 aliphatic heterocycles. The number of methoxy groups -OCH3 is 1. The summed E-state index contributed by atoms with van der Waals surface area (Å²) in [5, 5.41) is 8.75. The molecule has 0 aromatic carbocycles. The highest BCUT2D eigenvalue weighted by Gasteiger charge is 2.25. The number of nitriles is 1. The molecular weight excluding hydrogens is 168 g/mol. The second-order valence-electron chi connectivity index (χ2n) is 2.92. The third-order valence-corrected chi connectivity index (χ3v) is 2.06. The van der Waals surface area contributed by atoms with Gasteiger partial charge in [-0.2, -0.15) is 5.26 Å². The summed E-state index contributed by atoms with van der Waals surface area (Å²) < 4.78 is 4.51. The number of carbonyl (C=O) groups excluding carboxylic acids is 1. The summed E-state index contributed by atoms with van der Waals surface area (Å²) in [4.78, 5) is 15.3. The van der Waals surface area contributed by atoms with Crippen molar-refractivity contribution >= 4 is 11.7 Å². The number of hydrogen-bond donors (Lipinski definition) is 0. The van der Waals surface area contributed by atoms with Gasteiger partial charge < -0.3 is 4.74 Å². The van der Waals surface area contributed by atoms with Gasteiger partial charge in [0.25, 0.3) is 0 Å². The Labute approximate surface area is 77.2 Å². The molecule has 13 heavy (non-hydrogen) atoms. The van der Waals surface area contributed by atoms with Gasteiger partial charge in [-0.3, -0.25) is 9.79 Å². The standard InChI is InChI=1S/C9H12N2O2/c1-13-9(12)7(6-10)8-4-2-3-5-11-8/h7H,2-5H2,1H3. The zero-order chi connectivity index (χ0) is 9.68. The van der Waals surface area contributed by atoms with Crippen LogP contribution >= 0.6 is 0 Å². The largest absolute Gasteiger partial charge is 0.468 e. The van der Waals surface area contributed by atoms with Gasteiger partial charge in [0.2, 0.25) is 0 Å². The number of ether oxygens (including phenoxy) is 1. The minimum Gasteiger partial charge on any atom is -0.468 e. The molecule has 0 aliphatic carbocycles. The Balaban J connectivity index is 2.72. The maximum absolute atomic E-state index is 11.1. The molecule has 0 bridgehead atoms. The van der Waals surface area contributed by atoms with Gasteiger partial charge in [-0.15, -0.1) is 0 Å². The summed E-state index contributed by atoms with van der Waals surface area (Å²) in [5.74, 6) is -1.28. The molecule has 70 valence electrons. The van der Waals surface area contributed by atoms with Gasteiger partial charge in [-0.1, -0.05) is 0 Å². The van der Waals surface area contributed by atoms with Crippen molar-refractivity contribution in [1.82, 2.24) is 0 Å². The van der Waals surface area contributed by atoms with Crippen molar-refractivity contribution in [2.45, 2.75) is 19.3 Å². The Morgan fingerprint density at radius 1 is 1.69 bits per heavy atom. The fourth-order valence-corrected chi connectivity index (χ4v) is 1.34. The molecule has 1 aliphatic rings. The Morgan fingerprint density at radius 2 is 2.46 bits per heavy atom. The van der Waals surface area contributed by atoms with Crippen molar-refractivity contribution in [1.29, 1.82) is 5.26 Å². The molecule has 0 radical (unpaired) electrons. The van der Waals surface area contributed by atoms with E-state index in [1.165, 1.54) is 7.11 Å². The smallest absolute Gasteiger partial charge is 0.328 e. The zero-order valence-corrected chi connectivity index (χ0v) is 7.62. The summed E-state index contributed by atoms with van der Waals surface area (Å²) in [6.07, 6.45) is 2.80. The van der Waals surface area contributed by atoms with Crippen molar-refractivity contribution in [2.75, 3.05) is 13.7 Å². The fourth-order valence-electron chi connectivity index (χ4n) is 1.34. The number of nitrogens with zero attached hydrogens (tertiary/aromatic N) is 2. The van der Waals surface area contributed by atoms with E-state index in [1.807, 2.05) is 6.07 Å². The van der Waals surface area contributed by atoms with E-state index >= 15 is 0 Å². The second-order valence-corrected chi connectivity index (χ2v) is 2.92. The molecule has 1 heterocycles. The van der Waals surface area contributed by atoms with E-state index in [0.29, 0.717) is 5.71 Å². The average Bonchev–Trinajstić information content (AvgIpc) is 2.20. The highest BCUT2D eigenvalue weighted by Crippen LogP contribution is 2.13. The molecule has 0 saturated heterocycles. The van der Waals surface area contributed by atoms with E-state index < -0.39 is 11.9 Å². The summed E-state index contributed by atoms with van der Waals surface area (Å²) >= 11 is 0. The molecule has 0 aromatic rings. The van der Waals surface area contributed by atoms with Crippen LogP contribution in [-0.2, 0) is 9.53 Å². The normalized spacial score (nSPS) is 18.3. The topological polar surface area (TPSA) is 62.5 Å². The Bertz CT molecular complexity index is 265. The highest BCUT2D eigenvalue weighted by molar-refractivity contribution is 6.04. The summed E-state index contributed by atoms with van der Waals surface area (Å²) in [7, 11) is 1.29. The molecule has 0 fully saturated rings. The van der Waals surface area contributed by atoms with Crippen molar-refractivity contribution < 1.29 is 9.53 Å². The van der Waals surface area contributed by atoms with Crippen LogP contribution in [-0.4, -0.2) is 25.3 Å². The van der Waals surface area contributed by atoms with Crippen LogP contribution < -0.4 is 0 Å². The van der Waals surface area contributed by atoms with Crippen LogP contribution in [0.15, 0.2) is 4.99 Å².